The van der Waals surface area contributed by atoms with Gasteiger partial charge in [0.15, 0.2) is 11.5 Å². The van der Waals surface area contributed by atoms with Crippen LogP contribution in [0, 0.1) is 20.8 Å². The Kier molecular flexibility index (Phi) is 8.02. The van der Waals surface area contributed by atoms with Crippen molar-refractivity contribution in [3.8, 4) is 11.5 Å². The SMILES string of the molecule is CCNP(=O)(OCC)C(CNc1cnc(C)nc1C)c1cc(C)c(O)c(OC)c1. The summed E-state index contributed by atoms with van der Waals surface area (Å²) in [6.45, 7) is 10.3. The Labute approximate surface area is 172 Å². The van der Waals surface area contributed by atoms with Gasteiger partial charge < -0.3 is 19.7 Å². The summed E-state index contributed by atoms with van der Waals surface area (Å²) in [5.74, 6) is 1.09. The average Bonchev–Trinajstić information content (AvgIpc) is 2.66. The monoisotopic (exact) mass is 422 g/mol. The number of benzene rings is 1. The van der Waals surface area contributed by atoms with E-state index in [1.165, 1.54) is 7.11 Å². The molecule has 3 N–H and O–H groups in total. The largest absolute Gasteiger partial charge is 0.504 e. The normalized spacial score (nSPS) is 14.3. The minimum absolute atomic E-state index is 0.0698. The summed E-state index contributed by atoms with van der Waals surface area (Å²) < 4.78 is 24.8. The smallest absolute Gasteiger partial charge is 0.278 e. The molecule has 0 fully saturated rings. The summed E-state index contributed by atoms with van der Waals surface area (Å²) >= 11 is 0. The van der Waals surface area contributed by atoms with E-state index in [0.29, 0.717) is 36.8 Å². The van der Waals surface area contributed by atoms with Gasteiger partial charge in [-0.2, -0.15) is 0 Å². The lowest BCUT2D eigenvalue weighted by molar-refractivity contribution is 0.317. The summed E-state index contributed by atoms with van der Waals surface area (Å²) in [7, 11) is -1.78. The molecule has 1 heterocycles. The molecule has 2 rings (SSSR count). The lowest BCUT2D eigenvalue weighted by Gasteiger charge is -2.29. The third-order valence-corrected chi connectivity index (χ3v) is 7.29. The zero-order valence-electron chi connectivity index (χ0n) is 17.9. The predicted octanol–water partition coefficient (Wildman–Crippen LogP) is 4.11. The summed E-state index contributed by atoms with van der Waals surface area (Å²) in [4.78, 5) is 8.61. The molecular formula is C20H31N4O4P. The number of hydrogen-bond acceptors (Lipinski definition) is 7. The molecule has 0 saturated carbocycles. The zero-order valence-corrected chi connectivity index (χ0v) is 18.8. The van der Waals surface area contributed by atoms with Crippen molar-refractivity contribution >= 4 is 13.2 Å². The minimum atomic E-state index is -3.27. The Bertz CT molecular complexity index is 881. The van der Waals surface area contributed by atoms with Gasteiger partial charge in [0.25, 0.3) is 7.52 Å². The van der Waals surface area contributed by atoms with Gasteiger partial charge >= 0.3 is 0 Å². The third-order valence-electron chi connectivity index (χ3n) is 4.59. The van der Waals surface area contributed by atoms with Gasteiger partial charge in [0.2, 0.25) is 0 Å². The molecule has 0 aliphatic heterocycles. The van der Waals surface area contributed by atoms with Crippen molar-refractivity contribution in [2.75, 3.05) is 32.1 Å². The summed E-state index contributed by atoms with van der Waals surface area (Å²) in [5, 5.41) is 16.6. The van der Waals surface area contributed by atoms with Crippen molar-refractivity contribution < 1.29 is 18.9 Å². The number of nitrogens with zero attached hydrogens (tertiary/aromatic N) is 2. The van der Waals surface area contributed by atoms with Crippen LogP contribution in [0.25, 0.3) is 0 Å². The van der Waals surface area contributed by atoms with Gasteiger partial charge in [-0.3, -0.25) is 4.57 Å². The Morgan fingerprint density at radius 2 is 1.97 bits per heavy atom. The number of aromatic hydroxyl groups is 1. The average molecular weight is 422 g/mol. The quantitative estimate of drug-likeness (QED) is 0.491. The highest BCUT2D eigenvalue weighted by Gasteiger charge is 2.35. The fourth-order valence-corrected chi connectivity index (χ4v) is 5.37. The van der Waals surface area contributed by atoms with Crippen molar-refractivity contribution in [2.45, 2.75) is 40.3 Å². The first-order valence-corrected chi connectivity index (χ1v) is 11.4. The number of aromatic nitrogens is 2. The Morgan fingerprint density at radius 1 is 1.24 bits per heavy atom. The van der Waals surface area contributed by atoms with Crippen LogP contribution >= 0.6 is 7.52 Å². The molecule has 0 radical (unpaired) electrons. The van der Waals surface area contributed by atoms with Crippen LogP contribution in [0.5, 0.6) is 11.5 Å². The Hall–Kier alpha value is -2.15. The van der Waals surface area contributed by atoms with E-state index >= 15 is 0 Å². The molecule has 0 aliphatic carbocycles. The van der Waals surface area contributed by atoms with Crippen LogP contribution in [0.4, 0.5) is 5.69 Å². The lowest BCUT2D eigenvalue weighted by Crippen LogP contribution is -2.23. The highest BCUT2D eigenvalue weighted by Crippen LogP contribution is 2.57. The first-order valence-electron chi connectivity index (χ1n) is 9.66. The van der Waals surface area contributed by atoms with Gasteiger partial charge in [0.05, 0.1) is 37.0 Å². The van der Waals surface area contributed by atoms with E-state index < -0.39 is 13.2 Å². The number of anilines is 1. The van der Waals surface area contributed by atoms with Crippen molar-refractivity contribution in [1.29, 1.82) is 0 Å². The van der Waals surface area contributed by atoms with E-state index in [0.717, 1.165) is 16.9 Å². The number of aryl methyl sites for hydroxylation is 3. The van der Waals surface area contributed by atoms with Crippen LogP contribution in [0.15, 0.2) is 18.3 Å². The zero-order chi connectivity index (χ0) is 21.6. The van der Waals surface area contributed by atoms with Crippen LogP contribution in [-0.4, -0.2) is 41.9 Å². The van der Waals surface area contributed by atoms with Crippen LogP contribution in [-0.2, 0) is 9.09 Å². The highest BCUT2D eigenvalue weighted by molar-refractivity contribution is 7.57. The van der Waals surface area contributed by atoms with Crippen LogP contribution in [0.3, 0.4) is 0 Å². The topological polar surface area (TPSA) is 106 Å². The molecule has 160 valence electrons. The van der Waals surface area contributed by atoms with Gasteiger partial charge in [-0.05, 0) is 44.9 Å². The van der Waals surface area contributed by atoms with Crippen molar-refractivity contribution in [2.24, 2.45) is 0 Å². The van der Waals surface area contributed by atoms with Crippen molar-refractivity contribution in [1.82, 2.24) is 15.1 Å². The van der Waals surface area contributed by atoms with E-state index in [4.69, 9.17) is 9.26 Å². The molecular weight excluding hydrogens is 391 g/mol. The third kappa shape index (κ3) is 5.47. The molecule has 0 spiro atoms. The molecule has 9 heteroatoms. The van der Waals surface area contributed by atoms with E-state index in [1.807, 2.05) is 33.8 Å². The van der Waals surface area contributed by atoms with Gasteiger partial charge in [0, 0.05) is 13.1 Å². The van der Waals surface area contributed by atoms with Gasteiger partial charge in [-0.1, -0.05) is 13.0 Å². The molecule has 1 aromatic carbocycles. The fourth-order valence-electron chi connectivity index (χ4n) is 3.18. The number of methoxy groups -OCH3 is 1. The molecule has 0 aliphatic rings. The standard InChI is InChI=1S/C20H31N4O4P/c1-7-23-29(26,28-8-2)19(12-22-17-11-21-15(5)24-14(17)4)16-9-13(3)20(25)18(10-16)27-6/h9-11,19,22,25H,7-8,12H2,1-6H3,(H,23,26). The second-order valence-electron chi connectivity index (χ2n) is 6.73. The first kappa shape index (κ1) is 23.1. The number of hydrogen-bond donors (Lipinski definition) is 3. The summed E-state index contributed by atoms with van der Waals surface area (Å²) in [5.41, 5.74) is 2.44. The molecule has 8 nitrogen and oxygen atoms in total. The predicted molar refractivity (Wildman–Crippen MR) is 115 cm³/mol. The molecule has 29 heavy (non-hydrogen) atoms. The van der Waals surface area contributed by atoms with Gasteiger partial charge in [-0.15, -0.1) is 0 Å². The maximum absolute atomic E-state index is 13.8. The van der Waals surface area contributed by atoms with Crippen molar-refractivity contribution in [3.05, 3.63) is 41.0 Å². The van der Waals surface area contributed by atoms with E-state index in [2.05, 4.69) is 20.4 Å². The first-order chi connectivity index (χ1) is 13.8. The van der Waals surface area contributed by atoms with Crippen LogP contribution in [0.2, 0.25) is 0 Å². The van der Waals surface area contributed by atoms with E-state index in [9.17, 15) is 9.67 Å². The molecule has 1 aromatic heterocycles. The highest BCUT2D eigenvalue weighted by atomic mass is 31.2. The Morgan fingerprint density at radius 3 is 2.55 bits per heavy atom. The second kappa shape index (κ2) is 10.1. The number of phenolic OH excluding ortho intramolecular Hbond substituents is 1. The number of nitrogens with one attached hydrogen (secondary N) is 2. The van der Waals surface area contributed by atoms with E-state index in [-0.39, 0.29) is 5.75 Å². The van der Waals surface area contributed by atoms with Crippen LogP contribution < -0.4 is 15.1 Å². The molecule has 2 aromatic rings. The van der Waals surface area contributed by atoms with Gasteiger partial charge in [0.1, 0.15) is 5.82 Å². The lowest BCUT2D eigenvalue weighted by atomic mass is 10.1. The number of ether oxygens (including phenoxy) is 1. The summed E-state index contributed by atoms with van der Waals surface area (Å²) in [6.07, 6.45) is 1.72. The van der Waals surface area contributed by atoms with Crippen molar-refractivity contribution in [3.63, 3.8) is 0 Å². The minimum Gasteiger partial charge on any atom is -0.504 e. The molecule has 0 amide bonds. The Balaban J connectivity index is 2.48. The maximum Gasteiger partial charge on any atom is 0.278 e. The molecule has 0 bridgehead atoms. The van der Waals surface area contributed by atoms with Crippen LogP contribution in [0.1, 0.15) is 42.2 Å². The molecule has 2 unspecified atom stereocenters. The maximum atomic E-state index is 13.8. The fraction of sp³-hybridized carbons (Fsp3) is 0.500. The summed E-state index contributed by atoms with van der Waals surface area (Å²) in [6, 6.07) is 3.52. The molecule has 0 saturated heterocycles. The van der Waals surface area contributed by atoms with Gasteiger partial charge in [-0.25, -0.2) is 15.1 Å². The number of phenols is 1. The number of rotatable bonds is 10. The van der Waals surface area contributed by atoms with E-state index in [1.54, 1.807) is 19.2 Å². The second-order valence-corrected chi connectivity index (χ2v) is 9.12. The molecule has 2 atom stereocenters.